The summed E-state index contributed by atoms with van der Waals surface area (Å²) in [6, 6.07) is 10.1. The Kier molecular flexibility index (Phi) is 4.73. The quantitative estimate of drug-likeness (QED) is 0.811. The van der Waals surface area contributed by atoms with E-state index in [1.807, 2.05) is 0 Å². The highest BCUT2D eigenvalue weighted by Gasteiger charge is 2.22. The minimum absolute atomic E-state index is 0.204. The van der Waals surface area contributed by atoms with Gasteiger partial charge >= 0.3 is 0 Å². The third-order valence-electron chi connectivity index (χ3n) is 4.10. The van der Waals surface area contributed by atoms with Gasteiger partial charge in [-0.2, -0.15) is 4.31 Å². The van der Waals surface area contributed by atoms with Crippen LogP contribution in [0.4, 0.5) is 0 Å². The Labute approximate surface area is 136 Å². The molecule has 0 unspecified atom stereocenters. The first kappa shape index (κ1) is 16.1. The number of furan rings is 1. The molecule has 1 fully saturated rings. The number of hydrogen-bond donors (Lipinski definition) is 0. The molecule has 0 aliphatic heterocycles. The third-order valence-corrected chi connectivity index (χ3v) is 5.91. The second-order valence-electron chi connectivity index (χ2n) is 5.84. The lowest BCUT2D eigenvalue weighted by Crippen LogP contribution is -2.26. The first-order valence-corrected chi connectivity index (χ1v) is 9.25. The van der Waals surface area contributed by atoms with E-state index in [-0.39, 0.29) is 17.5 Å². The van der Waals surface area contributed by atoms with Gasteiger partial charge in [-0.05, 0) is 62.1 Å². The van der Waals surface area contributed by atoms with Crippen LogP contribution >= 0.6 is 0 Å². The number of nitrogens with zero attached hydrogens (tertiary/aromatic N) is 1. The highest BCUT2D eigenvalue weighted by molar-refractivity contribution is 7.89. The van der Waals surface area contributed by atoms with E-state index in [0.29, 0.717) is 5.76 Å². The molecule has 0 atom stereocenters. The number of benzene rings is 1. The fourth-order valence-electron chi connectivity index (χ4n) is 2.78. The summed E-state index contributed by atoms with van der Waals surface area (Å²) in [6.07, 6.45) is 6.35. The molecule has 0 bridgehead atoms. The molecule has 0 saturated heterocycles. The van der Waals surface area contributed by atoms with Gasteiger partial charge in [-0.15, -0.1) is 0 Å². The second-order valence-corrected chi connectivity index (χ2v) is 7.88. The lowest BCUT2D eigenvalue weighted by atomic mass is 10.3. The van der Waals surface area contributed by atoms with Gasteiger partial charge in [0.25, 0.3) is 0 Å². The minimum atomic E-state index is -3.54. The molecule has 1 aromatic heterocycles. The molecule has 0 amide bonds. The zero-order chi connectivity index (χ0) is 16.3. The molecule has 2 aromatic rings. The SMILES string of the molecule is CN(Cc1ccco1)S(=O)(=O)c1ccc(OC2CCCC2)cc1. The Morgan fingerprint density at radius 3 is 2.48 bits per heavy atom. The molecular formula is C17H21NO4S. The summed E-state index contributed by atoms with van der Waals surface area (Å²) in [5.41, 5.74) is 0. The highest BCUT2D eigenvalue weighted by atomic mass is 32.2. The zero-order valence-electron chi connectivity index (χ0n) is 13.1. The van der Waals surface area contributed by atoms with Crippen LogP contribution in [0.2, 0.25) is 0 Å². The summed E-state index contributed by atoms with van der Waals surface area (Å²) in [7, 11) is -2.00. The number of ether oxygens (including phenoxy) is 1. The Morgan fingerprint density at radius 1 is 1.17 bits per heavy atom. The fraction of sp³-hybridized carbons (Fsp3) is 0.412. The molecule has 3 rings (SSSR count). The van der Waals surface area contributed by atoms with Crippen molar-refractivity contribution in [3.8, 4) is 5.75 Å². The molecule has 124 valence electrons. The molecule has 23 heavy (non-hydrogen) atoms. The number of rotatable bonds is 6. The van der Waals surface area contributed by atoms with Crippen LogP contribution in [0.15, 0.2) is 52.0 Å². The van der Waals surface area contributed by atoms with E-state index in [1.165, 1.54) is 23.4 Å². The Hall–Kier alpha value is -1.79. The van der Waals surface area contributed by atoms with Crippen LogP contribution in [-0.2, 0) is 16.6 Å². The maximum absolute atomic E-state index is 12.6. The number of sulfonamides is 1. The minimum Gasteiger partial charge on any atom is -0.490 e. The Balaban J connectivity index is 1.69. The van der Waals surface area contributed by atoms with E-state index in [4.69, 9.17) is 9.15 Å². The molecule has 1 aliphatic carbocycles. The fourth-order valence-corrected chi connectivity index (χ4v) is 3.91. The van der Waals surface area contributed by atoms with Crippen molar-refractivity contribution in [1.29, 1.82) is 0 Å². The van der Waals surface area contributed by atoms with Gasteiger partial charge < -0.3 is 9.15 Å². The molecule has 1 heterocycles. The second kappa shape index (κ2) is 6.76. The van der Waals surface area contributed by atoms with Crippen LogP contribution in [-0.4, -0.2) is 25.9 Å². The van der Waals surface area contributed by atoms with Gasteiger partial charge in [-0.1, -0.05) is 0 Å². The average Bonchev–Trinajstić information content (AvgIpc) is 3.21. The molecule has 5 nitrogen and oxygen atoms in total. The van der Waals surface area contributed by atoms with E-state index in [2.05, 4.69) is 0 Å². The maximum Gasteiger partial charge on any atom is 0.243 e. The Bertz CT molecular complexity index is 716. The van der Waals surface area contributed by atoms with Crippen LogP contribution in [0.3, 0.4) is 0 Å². The molecule has 1 saturated carbocycles. The Morgan fingerprint density at radius 2 is 1.87 bits per heavy atom. The smallest absolute Gasteiger partial charge is 0.243 e. The lowest BCUT2D eigenvalue weighted by molar-refractivity contribution is 0.210. The van der Waals surface area contributed by atoms with Crippen LogP contribution in [0.25, 0.3) is 0 Å². The van der Waals surface area contributed by atoms with E-state index in [9.17, 15) is 8.42 Å². The summed E-state index contributed by atoms with van der Waals surface area (Å²) in [4.78, 5) is 0.255. The summed E-state index contributed by atoms with van der Waals surface area (Å²) in [5, 5.41) is 0. The van der Waals surface area contributed by atoms with Gasteiger partial charge in [0, 0.05) is 7.05 Å². The first-order chi connectivity index (χ1) is 11.1. The van der Waals surface area contributed by atoms with Crippen molar-refractivity contribution in [1.82, 2.24) is 4.31 Å². The summed E-state index contributed by atoms with van der Waals surface area (Å²) < 4.78 is 37.5. The predicted molar refractivity (Wildman–Crippen MR) is 86.7 cm³/mol. The molecule has 1 aliphatic rings. The van der Waals surface area contributed by atoms with Crippen molar-refractivity contribution >= 4 is 10.0 Å². The van der Waals surface area contributed by atoms with E-state index < -0.39 is 10.0 Å². The maximum atomic E-state index is 12.6. The standard InChI is InChI=1S/C17H21NO4S/c1-18(13-16-7-4-12-21-16)23(19,20)17-10-8-15(9-11-17)22-14-5-2-3-6-14/h4,7-12,14H,2-3,5-6,13H2,1H3. The van der Waals surface area contributed by atoms with Crippen LogP contribution in [0, 0.1) is 0 Å². The van der Waals surface area contributed by atoms with Gasteiger partial charge in [0.2, 0.25) is 10.0 Å². The van der Waals surface area contributed by atoms with Crippen molar-refractivity contribution in [3.63, 3.8) is 0 Å². The first-order valence-electron chi connectivity index (χ1n) is 7.81. The van der Waals surface area contributed by atoms with Crippen molar-refractivity contribution < 1.29 is 17.6 Å². The van der Waals surface area contributed by atoms with Crippen molar-refractivity contribution in [2.45, 2.75) is 43.2 Å². The van der Waals surface area contributed by atoms with Crippen molar-refractivity contribution in [2.24, 2.45) is 0 Å². The van der Waals surface area contributed by atoms with Crippen LogP contribution < -0.4 is 4.74 Å². The van der Waals surface area contributed by atoms with Gasteiger partial charge in [0.05, 0.1) is 23.8 Å². The van der Waals surface area contributed by atoms with Crippen molar-refractivity contribution in [2.75, 3.05) is 7.05 Å². The predicted octanol–water partition coefficient (Wildman–Crippen LogP) is 3.42. The van der Waals surface area contributed by atoms with E-state index >= 15 is 0 Å². The highest BCUT2D eigenvalue weighted by Crippen LogP contribution is 2.25. The van der Waals surface area contributed by atoms with Crippen molar-refractivity contribution in [3.05, 3.63) is 48.4 Å². The molecule has 6 heteroatoms. The monoisotopic (exact) mass is 335 g/mol. The number of hydrogen-bond acceptors (Lipinski definition) is 4. The lowest BCUT2D eigenvalue weighted by Gasteiger charge is -2.17. The molecule has 1 aromatic carbocycles. The third kappa shape index (κ3) is 3.76. The normalized spacial score (nSPS) is 16.1. The van der Waals surface area contributed by atoms with E-state index in [0.717, 1.165) is 18.6 Å². The molecule has 0 spiro atoms. The van der Waals surface area contributed by atoms with Crippen LogP contribution in [0.1, 0.15) is 31.4 Å². The topological polar surface area (TPSA) is 59.8 Å². The average molecular weight is 335 g/mol. The largest absolute Gasteiger partial charge is 0.490 e. The molecular weight excluding hydrogens is 314 g/mol. The van der Waals surface area contributed by atoms with Crippen LogP contribution in [0.5, 0.6) is 5.75 Å². The summed E-state index contributed by atoms with van der Waals surface area (Å²) >= 11 is 0. The summed E-state index contributed by atoms with van der Waals surface area (Å²) in [6.45, 7) is 0.204. The van der Waals surface area contributed by atoms with Gasteiger partial charge in [-0.3, -0.25) is 0 Å². The summed E-state index contributed by atoms with van der Waals surface area (Å²) in [5.74, 6) is 1.33. The van der Waals surface area contributed by atoms with E-state index in [1.54, 1.807) is 43.4 Å². The zero-order valence-corrected chi connectivity index (χ0v) is 14.0. The van der Waals surface area contributed by atoms with Gasteiger partial charge in [0.15, 0.2) is 0 Å². The molecule has 0 N–H and O–H groups in total. The van der Waals surface area contributed by atoms with Gasteiger partial charge in [-0.25, -0.2) is 8.42 Å². The molecule has 0 radical (unpaired) electrons. The van der Waals surface area contributed by atoms with Gasteiger partial charge in [0.1, 0.15) is 11.5 Å².